The molecule has 1 atom stereocenters. The van der Waals surface area contributed by atoms with Crippen LogP contribution in [0.4, 0.5) is 0 Å². The van der Waals surface area contributed by atoms with E-state index < -0.39 is 0 Å². The summed E-state index contributed by atoms with van der Waals surface area (Å²) >= 11 is 0. The molecule has 2 rings (SSSR count). The van der Waals surface area contributed by atoms with Crippen molar-refractivity contribution in [1.29, 1.82) is 0 Å². The zero-order valence-corrected chi connectivity index (χ0v) is 10.5. The fourth-order valence-electron chi connectivity index (χ4n) is 1.59. The summed E-state index contributed by atoms with van der Waals surface area (Å²) in [5.74, 6) is -0.204. The van der Waals surface area contributed by atoms with Crippen LogP contribution in [0.15, 0.2) is 30.6 Å². The molecule has 0 spiro atoms. The third-order valence-electron chi connectivity index (χ3n) is 2.79. The van der Waals surface area contributed by atoms with Crippen LogP contribution < -0.4 is 5.32 Å². The number of hydrogen-bond donors (Lipinski definition) is 2. The predicted octanol–water partition coefficient (Wildman–Crippen LogP) is 0.163. The molecule has 0 aliphatic heterocycles. The normalized spacial score (nSPS) is 12.1. The van der Waals surface area contributed by atoms with Crippen molar-refractivity contribution in [1.82, 2.24) is 25.5 Å². The fraction of sp³-hybridized carbons (Fsp3) is 0.333. The van der Waals surface area contributed by atoms with Gasteiger partial charge in [0.05, 0.1) is 18.3 Å². The lowest BCUT2D eigenvalue weighted by Gasteiger charge is -2.14. The number of tetrazole rings is 1. The topological polar surface area (TPSA) is 92.9 Å². The minimum Gasteiger partial charge on any atom is -0.394 e. The molecule has 0 saturated heterocycles. The van der Waals surface area contributed by atoms with E-state index in [-0.39, 0.29) is 18.6 Å². The zero-order valence-electron chi connectivity index (χ0n) is 10.5. The Balaban J connectivity index is 2.08. The first-order chi connectivity index (χ1) is 9.24. The summed E-state index contributed by atoms with van der Waals surface area (Å²) in [5.41, 5.74) is 1.31. The van der Waals surface area contributed by atoms with Crippen LogP contribution in [0.2, 0.25) is 0 Å². The van der Waals surface area contributed by atoms with Gasteiger partial charge in [-0.15, -0.1) is 5.10 Å². The van der Waals surface area contributed by atoms with E-state index in [0.29, 0.717) is 12.0 Å². The lowest BCUT2D eigenvalue weighted by Crippen LogP contribution is -2.36. The van der Waals surface area contributed by atoms with Gasteiger partial charge in [-0.2, -0.15) is 0 Å². The molecule has 2 aromatic rings. The second kappa shape index (κ2) is 6.05. The van der Waals surface area contributed by atoms with Crippen LogP contribution in [-0.4, -0.2) is 43.9 Å². The van der Waals surface area contributed by atoms with Crippen molar-refractivity contribution >= 4 is 5.91 Å². The van der Waals surface area contributed by atoms with Crippen LogP contribution in [0.5, 0.6) is 0 Å². The lowest BCUT2D eigenvalue weighted by atomic mass is 10.1. The molecule has 1 aromatic heterocycles. The fourth-order valence-corrected chi connectivity index (χ4v) is 1.59. The largest absolute Gasteiger partial charge is 0.394 e. The summed E-state index contributed by atoms with van der Waals surface area (Å²) in [4.78, 5) is 11.9. The van der Waals surface area contributed by atoms with E-state index >= 15 is 0 Å². The molecule has 0 bridgehead atoms. The van der Waals surface area contributed by atoms with E-state index in [4.69, 9.17) is 5.11 Å². The smallest absolute Gasteiger partial charge is 0.251 e. The highest BCUT2D eigenvalue weighted by molar-refractivity contribution is 5.94. The van der Waals surface area contributed by atoms with Crippen LogP contribution in [0, 0.1) is 0 Å². The third kappa shape index (κ3) is 3.14. The Morgan fingerprint density at radius 3 is 2.68 bits per heavy atom. The molecule has 0 fully saturated rings. The average Bonchev–Trinajstić information content (AvgIpc) is 2.99. The van der Waals surface area contributed by atoms with Gasteiger partial charge in [0.15, 0.2) is 0 Å². The van der Waals surface area contributed by atoms with Crippen molar-refractivity contribution in [3.8, 4) is 5.69 Å². The second-order valence-corrected chi connectivity index (χ2v) is 4.06. The highest BCUT2D eigenvalue weighted by Gasteiger charge is 2.11. The maximum Gasteiger partial charge on any atom is 0.251 e. The minimum atomic E-state index is -0.216. The standard InChI is InChI=1S/C12H15N5O2/c1-2-10(7-18)14-12(19)9-3-5-11(6-4-9)17-8-13-15-16-17/h3-6,8,10,18H,2,7H2,1H3,(H,14,19). The number of amides is 1. The minimum absolute atomic E-state index is 0.0645. The van der Waals surface area contributed by atoms with E-state index in [1.807, 2.05) is 6.92 Å². The second-order valence-electron chi connectivity index (χ2n) is 4.06. The van der Waals surface area contributed by atoms with E-state index in [2.05, 4.69) is 20.8 Å². The highest BCUT2D eigenvalue weighted by atomic mass is 16.3. The van der Waals surface area contributed by atoms with Gasteiger partial charge in [0, 0.05) is 5.56 Å². The van der Waals surface area contributed by atoms with Gasteiger partial charge in [-0.3, -0.25) is 4.79 Å². The molecule has 0 radical (unpaired) electrons. The van der Waals surface area contributed by atoms with Gasteiger partial charge in [0.1, 0.15) is 6.33 Å². The number of hydrogen-bond acceptors (Lipinski definition) is 5. The molecule has 2 N–H and O–H groups in total. The molecule has 100 valence electrons. The molecule has 1 aromatic carbocycles. The van der Waals surface area contributed by atoms with E-state index in [0.717, 1.165) is 5.69 Å². The maximum atomic E-state index is 11.9. The SMILES string of the molecule is CCC(CO)NC(=O)c1ccc(-n2cnnn2)cc1. The first-order valence-corrected chi connectivity index (χ1v) is 5.99. The summed E-state index contributed by atoms with van der Waals surface area (Å²) in [6.45, 7) is 1.84. The monoisotopic (exact) mass is 261 g/mol. The number of nitrogens with one attached hydrogen (secondary N) is 1. The van der Waals surface area contributed by atoms with E-state index in [9.17, 15) is 4.79 Å². The van der Waals surface area contributed by atoms with Gasteiger partial charge < -0.3 is 10.4 Å². The van der Waals surface area contributed by atoms with Crippen molar-refractivity contribution in [3.05, 3.63) is 36.2 Å². The van der Waals surface area contributed by atoms with Crippen LogP contribution in [0.3, 0.4) is 0 Å². The number of nitrogens with zero attached hydrogens (tertiary/aromatic N) is 4. The Morgan fingerprint density at radius 1 is 1.42 bits per heavy atom. The van der Waals surface area contributed by atoms with Crippen LogP contribution >= 0.6 is 0 Å². The Labute approximate surface area is 110 Å². The van der Waals surface area contributed by atoms with Crippen molar-refractivity contribution in [2.45, 2.75) is 19.4 Å². The molecule has 19 heavy (non-hydrogen) atoms. The molecule has 1 heterocycles. The van der Waals surface area contributed by atoms with Gasteiger partial charge in [-0.05, 0) is 41.1 Å². The zero-order chi connectivity index (χ0) is 13.7. The third-order valence-corrected chi connectivity index (χ3v) is 2.79. The first kappa shape index (κ1) is 13.2. The van der Waals surface area contributed by atoms with Crippen LogP contribution in [-0.2, 0) is 0 Å². The first-order valence-electron chi connectivity index (χ1n) is 5.99. The number of carbonyl (C=O) groups excluding carboxylic acids is 1. The molecule has 0 aliphatic carbocycles. The van der Waals surface area contributed by atoms with Crippen LogP contribution in [0.25, 0.3) is 5.69 Å². The Hall–Kier alpha value is -2.28. The maximum absolute atomic E-state index is 11.9. The summed E-state index contributed by atoms with van der Waals surface area (Å²) in [6, 6.07) is 6.68. The predicted molar refractivity (Wildman–Crippen MR) is 67.8 cm³/mol. The molecule has 1 amide bonds. The van der Waals surface area contributed by atoms with Crippen LogP contribution in [0.1, 0.15) is 23.7 Å². The Bertz CT molecular complexity index is 520. The molecule has 0 aliphatic rings. The molecule has 1 unspecified atom stereocenters. The molecule has 0 saturated carbocycles. The number of benzene rings is 1. The number of aliphatic hydroxyl groups is 1. The lowest BCUT2D eigenvalue weighted by molar-refractivity contribution is 0.0915. The average molecular weight is 261 g/mol. The van der Waals surface area contributed by atoms with Gasteiger partial charge >= 0.3 is 0 Å². The molecule has 7 nitrogen and oxygen atoms in total. The highest BCUT2D eigenvalue weighted by Crippen LogP contribution is 2.08. The Kier molecular flexibility index (Phi) is 4.19. The Morgan fingerprint density at radius 2 is 2.16 bits per heavy atom. The molecular formula is C12H15N5O2. The van der Waals surface area contributed by atoms with E-state index in [1.54, 1.807) is 24.3 Å². The number of aromatic nitrogens is 4. The van der Waals surface area contributed by atoms with Crippen molar-refractivity contribution in [2.24, 2.45) is 0 Å². The summed E-state index contributed by atoms with van der Waals surface area (Å²) in [5, 5.41) is 22.6. The quantitative estimate of drug-likeness (QED) is 0.800. The summed E-state index contributed by atoms with van der Waals surface area (Å²) in [7, 11) is 0. The summed E-state index contributed by atoms with van der Waals surface area (Å²) in [6.07, 6.45) is 2.17. The number of carbonyl (C=O) groups is 1. The van der Waals surface area contributed by atoms with Gasteiger partial charge in [-0.1, -0.05) is 6.92 Å². The number of rotatable bonds is 5. The molecular weight excluding hydrogens is 246 g/mol. The van der Waals surface area contributed by atoms with Crippen molar-refractivity contribution in [3.63, 3.8) is 0 Å². The van der Waals surface area contributed by atoms with Gasteiger partial charge in [0.2, 0.25) is 0 Å². The van der Waals surface area contributed by atoms with Crippen molar-refractivity contribution < 1.29 is 9.90 Å². The van der Waals surface area contributed by atoms with E-state index in [1.165, 1.54) is 11.0 Å². The van der Waals surface area contributed by atoms with Crippen molar-refractivity contribution in [2.75, 3.05) is 6.61 Å². The summed E-state index contributed by atoms with van der Waals surface area (Å²) < 4.78 is 1.50. The van der Waals surface area contributed by atoms with Gasteiger partial charge in [-0.25, -0.2) is 4.68 Å². The number of aliphatic hydroxyl groups excluding tert-OH is 1. The van der Waals surface area contributed by atoms with Gasteiger partial charge in [0.25, 0.3) is 5.91 Å². The molecule has 7 heteroatoms.